The molecule has 0 aliphatic carbocycles. The highest BCUT2D eigenvalue weighted by atomic mass is 19.1. The first-order chi connectivity index (χ1) is 10.6. The van der Waals surface area contributed by atoms with Crippen LogP contribution in [0.4, 0.5) is 10.1 Å². The molecule has 0 N–H and O–H groups in total. The van der Waals surface area contributed by atoms with Crippen molar-refractivity contribution in [3.05, 3.63) is 65.0 Å². The van der Waals surface area contributed by atoms with Crippen molar-refractivity contribution < 1.29 is 13.9 Å². The molecule has 0 radical (unpaired) electrons. The number of ether oxygens (including phenoxy) is 1. The zero-order chi connectivity index (χ0) is 16.1. The molecule has 2 rings (SSSR count). The quantitative estimate of drug-likeness (QED) is 0.814. The molecule has 22 heavy (non-hydrogen) atoms. The minimum Gasteiger partial charge on any atom is -0.465 e. The Morgan fingerprint density at radius 2 is 1.95 bits per heavy atom. The molecule has 112 valence electrons. The van der Waals surface area contributed by atoms with E-state index in [0.29, 0.717) is 17.8 Å². The molecule has 0 atom stereocenters. The van der Waals surface area contributed by atoms with Gasteiger partial charge in [0.2, 0.25) is 0 Å². The third kappa shape index (κ3) is 3.23. The maximum atomic E-state index is 13.6. The van der Waals surface area contributed by atoms with Crippen LogP contribution in [0.3, 0.4) is 0 Å². The van der Waals surface area contributed by atoms with Gasteiger partial charge >= 0.3 is 5.97 Å². The standard InChI is InChI=1S/C17H15FN2O2/c1-20(16-5-3-4-15(18)14(16)10-19)11-12-6-8-13(9-7-12)17(21)22-2/h3-9H,11H2,1-2H3. The summed E-state index contributed by atoms with van der Waals surface area (Å²) in [6.07, 6.45) is 0. The number of carbonyl (C=O) groups is 1. The minimum atomic E-state index is -0.534. The fourth-order valence-electron chi connectivity index (χ4n) is 2.16. The highest BCUT2D eigenvalue weighted by Crippen LogP contribution is 2.23. The summed E-state index contributed by atoms with van der Waals surface area (Å²) in [5.74, 6) is -0.926. The first-order valence-electron chi connectivity index (χ1n) is 6.64. The largest absolute Gasteiger partial charge is 0.465 e. The topological polar surface area (TPSA) is 53.3 Å². The number of methoxy groups -OCH3 is 1. The first-order valence-corrected chi connectivity index (χ1v) is 6.64. The zero-order valence-electron chi connectivity index (χ0n) is 12.3. The Hall–Kier alpha value is -2.87. The Labute approximate surface area is 128 Å². The van der Waals surface area contributed by atoms with E-state index in [1.54, 1.807) is 48.3 Å². The Morgan fingerprint density at radius 3 is 2.55 bits per heavy atom. The third-order valence-electron chi connectivity index (χ3n) is 3.31. The molecule has 0 aromatic heterocycles. The van der Waals surface area contributed by atoms with Crippen molar-refractivity contribution >= 4 is 11.7 Å². The van der Waals surface area contributed by atoms with Crippen molar-refractivity contribution in [3.8, 4) is 6.07 Å². The number of nitrogens with zero attached hydrogens (tertiary/aromatic N) is 2. The predicted octanol–water partition coefficient (Wildman–Crippen LogP) is 3.12. The summed E-state index contributed by atoms with van der Waals surface area (Å²) >= 11 is 0. The molecular formula is C17H15FN2O2. The number of nitriles is 1. The molecular weight excluding hydrogens is 283 g/mol. The molecule has 0 bridgehead atoms. The molecule has 0 amide bonds. The molecule has 0 aliphatic heterocycles. The summed E-state index contributed by atoms with van der Waals surface area (Å²) in [6.45, 7) is 0.486. The molecule has 0 heterocycles. The van der Waals surface area contributed by atoms with Gasteiger partial charge in [0.1, 0.15) is 17.4 Å². The molecule has 0 saturated carbocycles. The molecule has 4 nitrogen and oxygen atoms in total. The normalized spacial score (nSPS) is 9.91. The van der Waals surface area contributed by atoms with Crippen molar-refractivity contribution in [2.24, 2.45) is 0 Å². The summed E-state index contributed by atoms with van der Waals surface area (Å²) in [7, 11) is 3.11. The van der Waals surface area contributed by atoms with Gasteiger partial charge in [-0.2, -0.15) is 5.26 Å². The second-order valence-electron chi connectivity index (χ2n) is 4.79. The molecule has 0 unspecified atom stereocenters. The highest BCUT2D eigenvalue weighted by molar-refractivity contribution is 5.89. The van der Waals surface area contributed by atoms with Crippen molar-refractivity contribution in [3.63, 3.8) is 0 Å². The van der Waals surface area contributed by atoms with E-state index in [-0.39, 0.29) is 5.56 Å². The van der Waals surface area contributed by atoms with Gasteiger partial charge in [0.15, 0.2) is 0 Å². The Kier molecular flexibility index (Phi) is 4.74. The third-order valence-corrected chi connectivity index (χ3v) is 3.31. The van der Waals surface area contributed by atoms with Gasteiger partial charge in [0.05, 0.1) is 18.4 Å². The van der Waals surface area contributed by atoms with E-state index in [2.05, 4.69) is 4.74 Å². The van der Waals surface area contributed by atoms with Crippen LogP contribution in [0.2, 0.25) is 0 Å². The van der Waals surface area contributed by atoms with Crippen molar-refractivity contribution in [1.82, 2.24) is 0 Å². The summed E-state index contributed by atoms with van der Waals surface area (Å²) in [4.78, 5) is 13.2. The van der Waals surface area contributed by atoms with Gasteiger partial charge in [-0.05, 0) is 29.8 Å². The van der Waals surface area contributed by atoms with Crippen LogP contribution in [0.5, 0.6) is 0 Å². The van der Waals surface area contributed by atoms with Gasteiger partial charge in [0, 0.05) is 13.6 Å². The maximum absolute atomic E-state index is 13.6. The van der Waals surface area contributed by atoms with Gasteiger partial charge in [-0.1, -0.05) is 18.2 Å². The van der Waals surface area contributed by atoms with Gasteiger partial charge in [0.25, 0.3) is 0 Å². The average molecular weight is 298 g/mol. The van der Waals surface area contributed by atoms with Crippen LogP contribution in [0.1, 0.15) is 21.5 Å². The number of hydrogen-bond donors (Lipinski definition) is 0. The van der Waals surface area contributed by atoms with E-state index in [1.807, 2.05) is 6.07 Å². The van der Waals surface area contributed by atoms with Gasteiger partial charge < -0.3 is 9.64 Å². The lowest BCUT2D eigenvalue weighted by molar-refractivity contribution is 0.0600. The van der Waals surface area contributed by atoms with E-state index < -0.39 is 11.8 Å². The molecule has 0 spiro atoms. The zero-order valence-corrected chi connectivity index (χ0v) is 12.3. The van der Waals surface area contributed by atoms with E-state index in [9.17, 15) is 9.18 Å². The van der Waals surface area contributed by atoms with Crippen molar-refractivity contribution in [2.75, 3.05) is 19.1 Å². The number of benzene rings is 2. The molecule has 2 aromatic carbocycles. The summed E-state index contributed by atoms with van der Waals surface area (Å²) in [5, 5.41) is 9.07. The lowest BCUT2D eigenvalue weighted by Gasteiger charge is -2.20. The Bertz CT molecular complexity index is 720. The maximum Gasteiger partial charge on any atom is 0.337 e. The van der Waals surface area contributed by atoms with E-state index in [1.165, 1.54) is 13.2 Å². The van der Waals surface area contributed by atoms with Gasteiger partial charge in [-0.15, -0.1) is 0 Å². The second-order valence-corrected chi connectivity index (χ2v) is 4.79. The molecule has 5 heteroatoms. The summed E-state index contributed by atoms with van der Waals surface area (Å²) in [6, 6.07) is 13.4. The van der Waals surface area contributed by atoms with E-state index in [4.69, 9.17) is 5.26 Å². The second kappa shape index (κ2) is 6.72. The Balaban J connectivity index is 2.19. The van der Waals surface area contributed by atoms with Gasteiger partial charge in [-0.3, -0.25) is 0 Å². The Morgan fingerprint density at radius 1 is 1.27 bits per heavy atom. The smallest absolute Gasteiger partial charge is 0.337 e. The number of rotatable bonds is 4. The molecule has 0 saturated heterocycles. The number of carbonyl (C=O) groups excluding carboxylic acids is 1. The fraction of sp³-hybridized carbons (Fsp3) is 0.176. The molecule has 2 aromatic rings. The number of halogens is 1. The summed E-state index contributed by atoms with van der Waals surface area (Å²) in [5.41, 5.74) is 1.96. The van der Waals surface area contributed by atoms with Crippen LogP contribution in [-0.2, 0) is 11.3 Å². The van der Waals surface area contributed by atoms with Crippen LogP contribution in [-0.4, -0.2) is 20.1 Å². The predicted molar refractivity (Wildman–Crippen MR) is 81.0 cm³/mol. The number of esters is 1. The van der Waals surface area contributed by atoms with Crippen LogP contribution < -0.4 is 4.90 Å². The van der Waals surface area contributed by atoms with Gasteiger partial charge in [-0.25, -0.2) is 9.18 Å². The van der Waals surface area contributed by atoms with Crippen LogP contribution in [0, 0.1) is 17.1 Å². The van der Waals surface area contributed by atoms with Crippen molar-refractivity contribution in [2.45, 2.75) is 6.54 Å². The highest BCUT2D eigenvalue weighted by Gasteiger charge is 2.12. The van der Waals surface area contributed by atoms with E-state index in [0.717, 1.165) is 5.56 Å². The lowest BCUT2D eigenvalue weighted by Crippen LogP contribution is -2.18. The molecule has 0 fully saturated rings. The monoisotopic (exact) mass is 298 g/mol. The summed E-state index contributed by atoms with van der Waals surface area (Å²) < 4.78 is 18.3. The van der Waals surface area contributed by atoms with E-state index >= 15 is 0 Å². The average Bonchev–Trinajstić information content (AvgIpc) is 2.54. The SMILES string of the molecule is COC(=O)c1ccc(CN(C)c2cccc(F)c2C#N)cc1. The number of anilines is 1. The molecule has 0 aliphatic rings. The first kappa shape index (κ1) is 15.5. The minimum absolute atomic E-state index is 0.0242. The fourth-order valence-corrected chi connectivity index (χ4v) is 2.16. The van der Waals surface area contributed by atoms with Crippen molar-refractivity contribution in [1.29, 1.82) is 5.26 Å². The van der Waals surface area contributed by atoms with Crippen LogP contribution >= 0.6 is 0 Å². The van der Waals surface area contributed by atoms with Crippen LogP contribution in [0.25, 0.3) is 0 Å². The number of hydrogen-bond acceptors (Lipinski definition) is 4. The van der Waals surface area contributed by atoms with Crippen LogP contribution in [0.15, 0.2) is 42.5 Å². The lowest BCUT2D eigenvalue weighted by atomic mass is 10.1.